The van der Waals surface area contributed by atoms with Gasteiger partial charge in [0.25, 0.3) is 0 Å². The molecule has 0 aliphatic carbocycles. The third-order valence-electron chi connectivity index (χ3n) is 1.99. The van der Waals surface area contributed by atoms with Gasteiger partial charge < -0.3 is 14.4 Å². The number of nitrogens with zero attached hydrogens (tertiary/aromatic N) is 3. The Morgan fingerprint density at radius 3 is 1.57 bits per heavy atom. The maximum Gasteiger partial charge on any atom is 0.0892 e. The summed E-state index contributed by atoms with van der Waals surface area (Å²) >= 11 is 0. The number of hydrogen-bond acceptors (Lipinski definition) is 5. The minimum absolute atomic E-state index is 0.775. The second-order valence-electron chi connectivity index (χ2n) is 4.18. The molecule has 0 fully saturated rings. The summed E-state index contributed by atoms with van der Waals surface area (Å²) in [5.41, 5.74) is 0. The molecule has 0 aromatic carbocycles. The van der Waals surface area contributed by atoms with Crippen LogP contribution in [0.3, 0.4) is 0 Å². The highest BCUT2D eigenvalue weighted by Gasteiger charge is 1.86. The van der Waals surface area contributed by atoms with E-state index in [0.717, 1.165) is 52.5 Å². The molecule has 0 aliphatic heterocycles. The molecule has 0 amide bonds. The van der Waals surface area contributed by atoms with Gasteiger partial charge in [-0.25, -0.2) is 9.98 Å². The van der Waals surface area contributed by atoms with Gasteiger partial charge in [-0.05, 0) is 61.7 Å². The van der Waals surface area contributed by atoms with Crippen molar-refractivity contribution in [2.75, 3.05) is 60.2 Å². The van der Waals surface area contributed by atoms with Crippen LogP contribution in [-0.2, 0) is 9.47 Å². The third-order valence-corrected chi connectivity index (χ3v) is 1.99. The molecule has 0 heterocycles. The Bertz CT molecular complexity index is 206. The van der Waals surface area contributed by atoms with Gasteiger partial charge in [-0.1, -0.05) is 0 Å². The highest BCUT2D eigenvalue weighted by atomic mass is 16.5. The van der Waals surface area contributed by atoms with Gasteiger partial charge in [0.05, 0.1) is 12.6 Å². The highest BCUT2D eigenvalue weighted by Crippen LogP contribution is 1.82. The molecule has 0 N–H and O–H groups in total. The zero-order valence-electron chi connectivity index (χ0n) is 15.3. The summed E-state index contributed by atoms with van der Waals surface area (Å²) in [7, 11) is 4.12. The van der Waals surface area contributed by atoms with E-state index in [4.69, 9.17) is 9.47 Å². The zero-order valence-corrected chi connectivity index (χ0v) is 15.3. The lowest BCUT2D eigenvalue weighted by molar-refractivity contribution is 0.162. The first kappa shape index (κ1) is 25.2. The van der Waals surface area contributed by atoms with E-state index >= 15 is 0 Å². The molecular weight excluding hydrogens is 266 g/mol. The van der Waals surface area contributed by atoms with Gasteiger partial charge in [-0.2, -0.15) is 0 Å². The van der Waals surface area contributed by atoms with Crippen molar-refractivity contribution in [2.45, 2.75) is 41.0 Å². The van der Waals surface area contributed by atoms with Gasteiger partial charge >= 0.3 is 0 Å². The van der Waals surface area contributed by atoms with Gasteiger partial charge in [0.15, 0.2) is 0 Å². The summed E-state index contributed by atoms with van der Waals surface area (Å²) in [4.78, 5) is 9.99. The molecule has 128 valence electrons. The standard InChI is InChI=1S/C8H17N3.2C4H10O/c1-4-9-8-10-6-5-7-11(2)3;2*1-3-5-4-2/h4-7H2,1-3H3;2*3-4H2,1-2H3. The Labute approximate surface area is 132 Å². The maximum atomic E-state index is 4.83. The van der Waals surface area contributed by atoms with Crippen LogP contribution in [0.2, 0.25) is 0 Å². The minimum atomic E-state index is 0.775. The first-order valence-electron chi connectivity index (χ1n) is 7.98. The van der Waals surface area contributed by atoms with E-state index in [1.165, 1.54) is 0 Å². The fourth-order valence-electron chi connectivity index (χ4n) is 1.04. The Hall–Kier alpha value is -0.740. The minimum Gasteiger partial charge on any atom is -0.382 e. The zero-order chi connectivity index (χ0) is 16.8. The lowest BCUT2D eigenvalue weighted by atomic mass is 10.4. The van der Waals surface area contributed by atoms with Crippen LogP contribution in [0.1, 0.15) is 41.0 Å². The molecule has 0 saturated carbocycles. The van der Waals surface area contributed by atoms with Crippen molar-refractivity contribution in [3.63, 3.8) is 0 Å². The SMILES string of the molecule is CCN=C=NCCCN(C)C.CCOCC.CCOCC. The van der Waals surface area contributed by atoms with Gasteiger partial charge in [0.2, 0.25) is 0 Å². The van der Waals surface area contributed by atoms with Gasteiger partial charge in [-0.15, -0.1) is 0 Å². The number of rotatable bonds is 9. The topological polar surface area (TPSA) is 46.4 Å². The molecule has 0 aromatic heterocycles. The lowest BCUT2D eigenvalue weighted by Crippen LogP contribution is -2.13. The van der Waals surface area contributed by atoms with Crippen LogP contribution >= 0.6 is 0 Å². The van der Waals surface area contributed by atoms with Crippen LogP contribution in [0.4, 0.5) is 0 Å². The molecule has 5 nitrogen and oxygen atoms in total. The molecule has 21 heavy (non-hydrogen) atoms. The molecule has 0 radical (unpaired) electrons. The van der Waals surface area contributed by atoms with Crippen LogP contribution in [0, 0.1) is 0 Å². The summed E-state index contributed by atoms with van der Waals surface area (Å²) in [6.45, 7) is 16.0. The molecule has 0 bridgehead atoms. The van der Waals surface area contributed by atoms with E-state index in [1.54, 1.807) is 0 Å². The number of hydrogen-bond donors (Lipinski definition) is 0. The number of ether oxygens (including phenoxy) is 2. The van der Waals surface area contributed by atoms with E-state index in [1.807, 2.05) is 34.6 Å². The van der Waals surface area contributed by atoms with E-state index in [0.29, 0.717) is 0 Å². The molecular formula is C16H37N3O2. The van der Waals surface area contributed by atoms with E-state index in [2.05, 4.69) is 35.0 Å². The summed E-state index contributed by atoms with van der Waals surface area (Å²) < 4.78 is 9.67. The van der Waals surface area contributed by atoms with Crippen LogP contribution in [0.25, 0.3) is 0 Å². The smallest absolute Gasteiger partial charge is 0.0892 e. The van der Waals surface area contributed by atoms with Crippen molar-refractivity contribution in [1.82, 2.24) is 4.90 Å². The van der Waals surface area contributed by atoms with Crippen molar-refractivity contribution in [2.24, 2.45) is 9.98 Å². The predicted molar refractivity (Wildman–Crippen MR) is 92.8 cm³/mol. The van der Waals surface area contributed by atoms with Crippen molar-refractivity contribution in [1.29, 1.82) is 0 Å². The average molecular weight is 303 g/mol. The van der Waals surface area contributed by atoms with Crippen LogP contribution in [0.15, 0.2) is 9.98 Å². The largest absolute Gasteiger partial charge is 0.382 e. The fourth-order valence-corrected chi connectivity index (χ4v) is 1.04. The van der Waals surface area contributed by atoms with Crippen molar-refractivity contribution >= 4 is 6.01 Å². The van der Waals surface area contributed by atoms with Crippen LogP contribution in [0.5, 0.6) is 0 Å². The molecule has 0 unspecified atom stereocenters. The van der Waals surface area contributed by atoms with Crippen molar-refractivity contribution in [3.05, 3.63) is 0 Å². The summed E-state index contributed by atoms with van der Waals surface area (Å²) in [5.74, 6) is 0. The van der Waals surface area contributed by atoms with E-state index in [-0.39, 0.29) is 0 Å². The molecule has 0 saturated heterocycles. The molecule has 0 aliphatic rings. The van der Waals surface area contributed by atoms with Gasteiger partial charge in [-0.3, -0.25) is 0 Å². The second-order valence-corrected chi connectivity index (χ2v) is 4.18. The fraction of sp³-hybridized carbons (Fsp3) is 0.938. The summed E-state index contributed by atoms with van der Waals surface area (Å²) in [6, 6.07) is 2.64. The first-order chi connectivity index (χ1) is 10.1. The maximum absolute atomic E-state index is 4.83. The quantitative estimate of drug-likeness (QED) is 0.485. The predicted octanol–water partition coefficient (Wildman–Crippen LogP) is 3.22. The third kappa shape index (κ3) is 45.3. The molecule has 5 heteroatoms. The molecule has 0 atom stereocenters. The van der Waals surface area contributed by atoms with E-state index < -0.39 is 0 Å². The van der Waals surface area contributed by atoms with Crippen LogP contribution < -0.4 is 0 Å². The molecule has 0 aromatic rings. The monoisotopic (exact) mass is 303 g/mol. The van der Waals surface area contributed by atoms with Crippen molar-refractivity contribution < 1.29 is 9.47 Å². The second kappa shape index (κ2) is 27.6. The van der Waals surface area contributed by atoms with Crippen LogP contribution in [-0.4, -0.2) is 71.1 Å². The summed E-state index contributed by atoms with van der Waals surface area (Å²) in [5, 5.41) is 0. The molecule has 0 spiro atoms. The highest BCUT2D eigenvalue weighted by molar-refractivity contribution is 5.40. The lowest BCUT2D eigenvalue weighted by Gasteiger charge is -2.05. The normalized spacial score (nSPS) is 8.95. The van der Waals surface area contributed by atoms with E-state index in [9.17, 15) is 0 Å². The Morgan fingerprint density at radius 1 is 0.810 bits per heavy atom. The van der Waals surface area contributed by atoms with Crippen molar-refractivity contribution in [3.8, 4) is 0 Å². The first-order valence-corrected chi connectivity index (χ1v) is 7.98. The average Bonchev–Trinajstić information content (AvgIpc) is 2.45. The molecule has 0 rings (SSSR count). The summed E-state index contributed by atoms with van der Waals surface area (Å²) in [6.07, 6.45) is 1.08. The Balaban J connectivity index is -0.000000270. The Kier molecular flexibility index (Phi) is 33.1. The van der Waals surface area contributed by atoms with Gasteiger partial charge in [0, 0.05) is 33.0 Å². The Morgan fingerprint density at radius 2 is 1.29 bits per heavy atom. The van der Waals surface area contributed by atoms with Gasteiger partial charge in [0.1, 0.15) is 0 Å². The number of aliphatic imine (C=N–C) groups is 2.